The van der Waals surface area contributed by atoms with E-state index in [9.17, 15) is 21.6 Å². The molecule has 10 nitrogen and oxygen atoms in total. The van der Waals surface area contributed by atoms with Gasteiger partial charge >= 0.3 is 16.2 Å². The SMILES string of the molecule is C=CNOC(=O)c1c(-c2ccc(NS(=O)(=O)C(C)C)cc2)ccn1S(N)(=O)=O. The first kappa shape index (κ1) is 21.5. The fourth-order valence-electron chi connectivity index (χ4n) is 2.20. The van der Waals surface area contributed by atoms with Crippen molar-refractivity contribution in [3.05, 3.63) is 55.0 Å². The molecule has 2 rings (SSSR count). The Kier molecular flexibility index (Phi) is 6.17. The number of anilines is 1. The lowest BCUT2D eigenvalue weighted by Crippen LogP contribution is -2.27. The number of hydrogen-bond donors (Lipinski definition) is 3. The van der Waals surface area contributed by atoms with Gasteiger partial charge in [-0.2, -0.15) is 8.42 Å². The molecule has 1 aromatic heterocycles. The summed E-state index contributed by atoms with van der Waals surface area (Å²) in [5.41, 5.74) is 2.79. The van der Waals surface area contributed by atoms with E-state index >= 15 is 0 Å². The molecule has 0 aliphatic heterocycles. The molecule has 0 saturated heterocycles. The van der Waals surface area contributed by atoms with Crippen molar-refractivity contribution >= 4 is 31.9 Å². The molecule has 1 aromatic carbocycles. The van der Waals surface area contributed by atoms with E-state index in [0.717, 1.165) is 12.4 Å². The van der Waals surface area contributed by atoms with Crippen LogP contribution in [0.1, 0.15) is 24.3 Å². The van der Waals surface area contributed by atoms with Crippen molar-refractivity contribution in [3.63, 3.8) is 0 Å². The van der Waals surface area contributed by atoms with Crippen LogP contribution in [0.4, 0.5) is 5.69 Å². The summed E-state index contributed by atoms with van der Waals surface area (Å²) in [5, 5.41) is 4.53. The summed E-state index contributed by atoms with van der Waals surface area (Å²) < 4.78 is 50.4. The minimum atomic E-state index is -4.26. The zero-order valence-corrected chi connectivity index (χ0v) is 16.7. The number of nitrogens with one attached hydrogen (secondary N) is 2. The van der Waals surface area contributed by atoms with E-state index < -0.39 is 31.5 Å². The summed E-state index contributed by atoms with van der Waals surface area (Å²) >= 11 is 0. The van der Waals surface area contributed by atoms with Crippen LogP contribution in [0.25, 0.3) is 11.1 Å². The zero-order valence-electron chi connectivity index (χ0n) is 15.1. The van der Waals surface area contributed by atoms with Crippen molar-refractivity contribution in [2.75, 3.05) is 4.72 Å². The molecule has 12 heteroatoms. The van der Waals surface area contributed by atoms with Crippen LogP contribution in [-0.2, 0) is 25.1 Å². The van der Waals surface area contributed by atoms with Gasteiger partial charge in [0, 0.05) is 23.6 Å². The van der Waals surface area contributed by atoms with Crippen molar-refractivity contribution in [1.82, 2.24) is 9.45 Å². The molecule has 0 radical (unpaired) electrons. The Hall–Kier alpha value is -2.83. The highest BCUT2D eigenvalue weighted by molar-refractivity contribution is 7.93. The van der Waals surface area contributed by atoms with Crippen LogP contribution in [0, 0.1) is 0 Å². The number of carbonyl (C=O) groups is 1. The Morgan fingerprint density at radius 1 is 1.18 bits per heavy atom. The maximum Gasteiger partial charge on any atom is 0.380 e. The standard InChI is InChI=1S/C16H20N4O6S2/c1-4-18-26-16(21)15-14(9-10-20(15)28(17,24)25)12-5-7-13(8-6-12)19-27(22,23)11(2)3/h4-11,18-19H,1H2,2-3H3,(H2,17,24,25). The minimum absolute atomic E-state index is 0.225. The number of aromatic nitrogens is 1. The first-order valence-electron chi connectivity index (χ1n) is 7.91. The summed E-state index contributed by atoms with van der Waals surface area (Å²) in [6.07, 6.45) is 2.21. The lowest BCUT2D eigenvalue weighted by molar-refractivity contribution is 0.0342. The highest BCUT2D eigenvalue weighted by Crippen LogP contribution is 2.28. The molecule has 4 N–H and O–H groups in total. The largest absolute Gasteiger partial charge is 0.380 e. The van der Waals surface area contributed by atoms with Crippen LogP contribution in [0.15, 0.2) is 49.3 Å². The van der Waals surface area contributed by atoms with Crippen LogP contribution < -0.4 is 15.3 Å². The summed E-state index contributed by atoms with van der Waals surface area (Å²) in [5.74, 6) is -1.00. The van der Waals surface area contributed by atoms with Gasteiger partial charge in [-0.15, -0.1) is 0 Å². The highest BCUT2D eigenvalue weighted by atomic mass is 32.2. The van der Waals surface area contributed by atoms with Gasteiger partial charge in [0.15, 0.2) is 5.69 Å². The van der Waals surface area contributed by atoms with Crippen LogP contribution >= 0.6 is 0 Å². The number of nitrogens with zero attached hydrogens (tertiary/aromatic N) is 1. The number of hydroxylamine groups is 1. The fourth-order valence-corrected chi connectivity index (χ4v) is 3.56. The fraction of sp³-hybridized carbons (Fsp3) is 0.188. The van der Waals surface area contributed by atoms with Crippen LogP contribution in [-0.4, -0.2) is 32.0 Å². The highest BCUT2D eigenvalue weighted by Gasteiger charge is 2.25. The van der Waals surface area contributed by atoms with Gasteiger partial charge < -0.3 is 4.84 Å². The number of hydrogen-bond acceptors (Lipinski definition) is 7. The normalized spacial score (nSPS) is 11.9. The number of benzene rings is 1. The molecule has 152 valence electrons. The average Bonchev–Trinajstić information content (AvgIpc) is 3.05. The van der Waals surface area contributed by atoms with Crippen molar-refractivity contribution in [2.45, 2.75) is 19.1 Å². The zero-order chi connectivity index (χ0) is 21.1. The predicted octanol–water partition coefficient (Wildman–Crippen LogP) is 1.16. The Morgan fingerprint density at radius 3 is 2.29 bits per heavy atom. The van der Waals surface area contributed by atoms with E-state index in [2.05, 4.69) is 16.8 Å². The second-order valence-electron chi connectivity index (χ2n) is 5.90. The van der Waals surface area contributed by atoms with E-state index in [1.165, 1.54) is 30.3 Å². The van der Waals surface area contributed by atoms with Gasteiger partial charge in [0.1, 0.15) is 0 Å². The average molecular weight is 428 g/mol. The van der Waals surface area contributed by atoms with Crippen molar-refractivity contribution in [2.24, 2.45) is 5.14 Å². The number of sulfonamides is 1. The van der Waals surface area contributed by atoms with Gasteiger partial charge in [0.25, 0.3) is 0 Å². The van der Waals surface area contributed by atoms with Gasteiger partial charge in [0.2, 0.25) is 10.0 Å². The smallest absolute Gasteiger partial charge is 0.337 e. The Bertz CT molecular complexity index is 1090. The molecule has 0 unspecified atom stereocenters. The molecule has 0 fully saturated rings. The van der Waals surface area contributed by atoms with E-state index in [1.807, 2.05) is 0 Å². The summed E-state index contributed by atoms with van der Waals surface area (Å²) in [6.45, 7) is 6.41. The second-order valence-corrected chi connectivity index (χ2v) is 9.56. The molecule has 0 aliphatic carbocycles. The van der Waals surface area contributed by atoms with Crippen LogP contribution in [0.2, 0.25) is 0 Å². The van der Waals surface area contributed by atoms with E-state index in [1.54, 1.807) is 13.8 Å². The second kappa shape index (κ2) is 8.04. The van der Waals surface area contributed by atoms with Crippen molar-refractivity contribution in [3.8, 4) is 11.1 Å². The topological polar surface area (TPSA) is 150 Å². The van der Waals surface area contributed by atoms with E-state index in [4.69, 9.17) is 9.98 Å². The maximum absolute atomic E-state index is 12.3. The molecule has 0 bridgehead atoms. The minimum Gasteiger partial charge on any atom is -0.337 e. The van der Waals surface area contributed by atoms with Gasteiger partial charge in [-0.05, 0) is 37.6 Å². The van der Waals surface area contributed by atoms with E-state index in [-0.39, 0.29) is 11.3 Å². The number of carbonyl (C=O) groups excluding carboxylic acids is 1. The molecule has 0 spiro atoms. The van der Waals surface area contributed by atoms with Gasteiger partial charge in [0.05, 0.1) is 5.25 Å². The lowest BCUT2D eigenvalue weighted by atomic mass is 10.1. The molecule has 0 atom stereocenters. The Morgan fingerprint density at radius 2 is 1.79 bits per heavy atom. The Labute approximate surface area is 163 Å². The molecule has 1 heterocycles. The molecule has 0 saturated carbocycles. The van der Waals surface area contributed by atoms with Crippen molar-refractivity contribution in [1.29, 1.82) is 0 Å². The quantitative estimate of drug-likeness (QED) is 0.534. The van der Waals surface area contributed by atoms with Crippen LogP contribution in [0.3, 0.4) is 0 Å². The van der Waals surface area contributed by atoms with Gasteiger partial charge in [-0.1, -0.05) is 18.7 Å². The third-order valence-electron chi connectivity index (χ3n) is 3.63. The third kappa shape index (κ3) is 4.71. The maximum atomic E-state index is 12.3. The molecule has 28 heavy (non-hydrogen) atoms. The van der Waals surface area contributed by atoms with Crippen molar-refractivity contribution < 1.29 is 26.5 Å². The molecule has 2 aromatic rings. The summed E-state index contributed by atoms with van der Waals surface area (Å²) in [7, 11) is -7.78. The Balaban J connectivity index is 2.46. The van der Waals surface area contributed by atoms with Gasteiger partial charge in [-0.25, -0.2) is 27.8 Å². The lowest BCUT2D eigenvalue weighted by Gasteiger charge is -2.12. The molecule has 0 amide bonds. The molecule has 0 aliphatic rings. The number of rotatable bonds is 8. The number of nitrogens with two attached hydrogens (primary N) is 1. The van der Waals surface area contributed by atoms with Crippen LogP contribution in [0.5, 0.6) is 0 Å². The third-order valence-corrected chi connectivity index (χ3v) is 6.25. The summed E-state index contributed by atoms with van der Waals surface area (Å²) in [6, 6.07) is 7.40. The first-order valence-corrected chi connectivity index (χ1v) is 11.0. The first-order chi connectivity index (χ1) is 13.0. The van der Waals surface area contributed by atoms with Gasteiger partial charge in [-0.3, -0.25) is 4.72 Å². The van der Waals surface area contributed by atoms with E-state index in [0.29, 0.717) is 15.2 Å². The monoisotopic (exact) mass is 428 g/mol. The predicted molar refractivity (Wildman–Crippen MR) is 105 cm³/mol. The molecular formula is C16H20N4O6S2. The summed E-state index contributed by atoms with van der Waals surface area (Å²) in [4.78, 5) is 17.0. The molecular weight excluding hydrogens is 408 g/mol.